The number of rotatable bonds is 5. The number of aryl methyl sites for hydroxylation is 1. The summed E-state index contributed by atoms with van der Waals surface area (Å²) in [4.78, 5) is 20.6. The first kappa shape index (κ1) is 17.6. The van der Waals surface area contributed by atoms with Crippen molar-refractivity contribution in [2.45, 2.75) is 20.8 Å². The molecule has 5 nitrogen and oxygen atoms in total. The van der Waals surface area contributed by atoms with Crippen molar-refractivity contribution in [3.05, 3.63) is 66.5 Å². The highest BCUT2D eigenvalue weighted by Gasteiger charge is 2.10. The van der Waals surface area contributed by atoms with Crippen LogP contribution in [0.25, 0.3) is 11.3 Å². The molecule has 26 heavy (non-hydrogen) atoms. The molecule has 3 rings (SSSR count). The van der Waals surface area contributed by atoms with Crippen LogP contribution >= 0.6 is 0 Å². The lowest BCUT2D eigenvalue weighted by Crippen LogP contribution is -2.14. The molecular weight excluding hydrogens is 326 g/mol. The number of benzene rings is 2. The number of nitrogens with one attached hydrogen (secondary N) is 1. The van der Waals surface area contributed by atoms with Crippen LogP contribution in [0.5, 0.6) is 5.75 Å². The molecular formula is C21H21N3O2. The first-order valence-electron chi connectivity index (χ1n) is 8.51. The number of ether oxygens (including phenoxy) is 1. The average Bonchev–Trinajstić information content (AvgIpc) is 2.63. The maximum Gasteiger partial charge on any atom is 0.313 e. The predicted octanol–water partition coefficient (Wildman–Crippen LogP) is 4.76. The lowest BCUT2D eigenvalue weighted by atomic mass is 10.1. The zero-order chi connectivity index (χ0) is 18.5. The summed E-state index contributed by atoms with van der Waals surface area (Å²) in [6.07, 6.45) is 0. The Morgan fingerprint density at radius 1 is 1.00 bits per heavy atom. The third-order valence-electron chi connectivity index (χ3n) is 3.72. The zero-order valence-corrected chi connectivity index (χ0v) is 15.1. The van der Waals surface area contributed by atoms with Gasteiger partial charge in [-0.2, -0.15) is 0 Å². The Morgan fingerprint density at radius 2 is 1.69 bits per heavy atom. The van der Waals surface area contributed by atoms with Crippen molar-refractivity contribution in [1.29, 1.82) is 0 Å². The summed E-state index contributed by atoms with van der Waals surface area (Å²) < 4.78 is 5.28. The molecule has 3 aromatic rings. The van der Waals surface area contributed by atoms with Crippen molar-refractivity contribution in [2.75, 3.05) is 5.32 Å². The van der Waals surface area contributed by atoms with E-state index >= 15 is 0 Å². The fourth-order valence-electron chi connectivity index (χ4n) is 2.38. The molecule has 0 aliphatic heterocycles. The van der Waals surface area contributed by atoms with Gasteiger partial charge in [-0.25, -0.2) is 9.97 Å². The van der Waals surface area contributed by atoms with E-state index in [1.165, 1.54) is 0 Å². The highest BCUT2D eigenvalue weighted by atomic mass is 16.5. The van der Waals surface area contributed by atoms with E-state index in [0.29, 0.717) is 17.4 Å². The minimum atomic E-state index is -0.246. The second-order valence-electron chi connectivity index (χ2n) is 6.28. The van der Waals surface area contributed by atoms with Gasteiger partial charge >= 0.3 is 5.97 Å². The van der Waals surface area contributed by atoms with Crippen LogP contribution < -0.4 is 10.1 Å². The quantitative estimate of drug-likeness (QED) is 0.533. The van der Waals surface area contributed by atoms with Crippen molar-refractivity contribution in [3.63, 3.8) is 0 Å². The van der Waals surface area contributed by atoms with E-state index in [2.05, 4.69) is 15.3 Å². The van der Waals surface area contributed by atoms with E-state index < -0.39 is 0 Å². The monoisotopic (exact) mass is 347 g/mol. The first-order valence-corrected chi connectivity index (χ1v) is 8.51. The van der Waals surface area contributed by atoms with E-state index in [4.69, 9.17) is 4.74 Å². The summed E-state index contributed by atoms with van der Waals surface area (Å²) in [6, 6.07) is 19.1. The van der Waals surface area contributed by atoms with E-state index in [0.717, 1.165) is 16.9 Å². The minimum Gasteiger partial charge on any atom is -0.426 e. The maximum atomic E-state index is 11.6. The summed E-state index contributed by atoms with van der Waals surface area (Å²) in [7, 11) is 0. The van der Waals surface area contributed by atoms with Crippen LogP contribution in [-0.4, -0.2) is 15.9 Å². The Kier molecular flexibility index (Phi) is 5.27. The van der Waals surface area contributed by atoms with Crippen LogP contribution in [0.15, 0.2) is 60.7 Å². The Morgan fingerprint density at radius 3 is 2.35 bits per heavy atom. The lowest BCUT2D eigenvalue weighted by Gasteiger charge is -2.10. The highest BCUT2D eigenvalue weighted by Crippen LogP contribution is 2.23. The molecule has 0 saturated carbocycles. The Labute approximate surface area is 153 Å². The van der Waals surface area contributed by atoms with Crippen molar-refractivity contribution in [2.24, 2.45) is 5.92 Å². The summed E-state index contributed by atoms with van der Waals surface area (Å²) >= 11 is 0. The molecule has 0 amide bonds. The van der Waals surface area contributed by atoms with Crippen LogP contribution in [-0.2, 0) is 4.79 Å². The number of hydrogen-bond donors (Lipinski definition) is 1. The number of aromatic nitrogens is 2. The second-order valence-corrected chi connectivity index (χ2v) is 6.28. The third kappa shape index (κ3) is 4.45. The van der Waals surface area contributed by atoms with Crippen molar-refractivity contribution >= 4 is 17.5 Å². The standard InChI is InChI=1S/C21H21N3O2/c1-14(2)21(25)26-18-11-9-17(10-12-18)24-20-13-19(22-15(3)23-20)16-7-5-4-6-8-16/h4-14H,1-3H3,(H,22,23,24). The SMILES string of the molecule is Cc1nc(Nc2ccc(OC(=O)C(C)C)cc2)cc(-c2ccccc2)n1. The molecule has 2 aromatic carbocycles. The molecule has 0 atom stereocenters. The molecule has 0 unspecified atom stereocenters. The minimum absolute atomic E-state index is 0.159. The first-order chi connectivity index (χ1) is 12.5. The molecule has 1 heterocycles. The number of anilines is 2. The molecule has 0 aliphatic rings. The predicted molar refractivity (Wildman–Crippen MR) is 102 cm³/mol. The van der Waals surface area contributed by atoms with Crippen LogP contribution in [0.2, 0.25) is 0 Å². The molecule has 0 radical (unpaired) electrons. The molecule has 5 heteroatoms. The van der Waals surface area contributed by atoms with E-state index in [1.54, 1.807) is 26.0 Å². The van der Waals surface area contributed by atoms with Crippen LogP contribution in [0, 0.1) is 12.8 Å². The fraction of sp³-hybridized carbons (Fsp3) is 0.190. The molecule has 132 valence electrons. The smallest absolute Gasteiger partial charge is 0.313 e. The van der Waals surface area contributed by atoms with Gasteiger partial charge in [0.05, 0.1) is 11.6 Å². The van der Waals surface area contributed by atoms with Gasteiger partial charge in [-0.15, -0.1) is 0 Å². The van der Waals surface area contributed by atoms with E-state index in [9.17, 15) is 4.79 Å². The topological polar surface area (TPSA) is 64.1 Å². The van der Waals surface area contributed by atoms with Crippen LogP contribution in [0.1, 0.15) is 19.7 Å². The molecule has 0 fully saturated rings. The summed E-state index contributed by atoms with van der Waals surface area (Å²) in [6.45, 7) is 5.48. The lowest BCUT2D eigenvalue weighted by molar-refractivity contribution is -0.137. The molecule has 0 spiro atoms. The average molecular weight is 347 g/mol. The number of nitrogens with zero attached hydrogens (tertiary/aromatic N) is 2. The number of carbonyl (C=O) groups excluding carboxylic acids is 1. The molecule has 0 saturated heterocycles. The highest BCUT2D eigenvalue weighted by molar-refractivity contribution is 5.74. The third-order valence-corrected chi connectivity index (χ3v) is 3.72. The van der Waals surface area contributed by atoms with Gasteiger partial charge in [0.15, 0.2) is 0 Å². The second kappa shape index (κ2) is 7.78. The van der Waals surface area contributed by atoms with Gasteiger partial charge in [0.25, 0.3) is 0 Å². The van der Waals surface area contributed by atoms with Crippen LogP contribution in [0.3, 0.4) is 0 Å². The number of esters is 1. The Balaban J connectivity index is 1.77. The normalized spacial score (nSPS) is 10.6. The summed E-state index contributed by atoms with van der Waals surface area (Å²) in [5, 5.41) is 3.27. The van der Waals surface area contributed by atoms with E-state index in [-0.39, 0.29) is 11.9 Å². The maximum absolute atomic E-state index is 11.6. The van der Waals surface area contributed by atoms with Gasteiger partial charge in [-0.3, -0.25) is 4.79 Å². The molecule has 1 aromatic heterocycles. The summed E-state index contributed by atoms with van der Waals surface area (Å²) in [5.74, 6) is 1.52. The number of carbonyl (C=O) groups is 1. The van der Waals surface area contributed by atoms with Gasteiger partial charge in [-0.05, 0) is 31.2 Å². The Bertz CT molecular complexity index is 891. The van der Waals surface area contributed by atoms with Crippen LogP contribution in [0.4, 0.5) is 11.5 Å². The van der Waals surface area contributed by atoms with Gasteiger partial charge in [0.2, 0.25) is 0 Å². The fourth-order valence-corrected chi connectivity index (χ4v) is 2.38. The van der Waals surface area contributed by atoms with E-state index in [1.807, 2.05) is 55.5 Å². The molecule has 1 N–H and O–H groups in total. The largest absolute Gasteiger partial charge is 0.426 e. The van der Waals surface area contributed by atoms with Gasteiger partial charge in [0, 0.05) is 17.3 Å². The van der Waals surface area contributed by atoms with Gasteiger partial charge in [0.1, 0.15) is 17.4 Å². The summed E-state index contributed by atoms with van der Waals surface area (Å²) in [5.41, 5.74) is 2.76. The molecule has 0 bridgehead atoms. The van der Waals surface area contributed by atoms with Crippen molar-refractivity contribution in [3.8, 4) is 17.0 Å². The van der Waals surface area contributed by atoms with Gasteiger partial charge < -0.3 is 10.1 Å². The van der Waals surface area contributed by atoms with Crippen molar-refractivity contribution in [1.82, 2.24) is 9.97 Å². The number of hydrogen-bond acceptors (Lipinski definition) is 5. The molecule has 0 aliphatic carbocycles. The zero-order valence-electron chi connectivity index (χ0n) is 15.1. The van der Waals surface area contributed by atoms with Gasteiger partial charge in [-0.1, -0.05) is 44.2 Å². The Hall–Kier alpha value is -3.21. The van der Waals surface area contributed by atoms with Crippen molar-refractivity contribution < 1.29 is 9.53 Å².